The van der Waals surface area contributed by atoms with E-state index >= 15 is 0 Å². The van der Waals surface area contributed by atoms with E-state index in [0.29, 0.717) is 0 Å². The standard InChI is InChI=1S/C7H7BClFO3/c1-13-5-3-2-4(9)7(10)6(5)8(11)12/h2-3,11-12H,1H3. The van der Waals surface area contributed by atoms with Gasteiger partial charge in [0, 0.05) is 0 Å². The largest absolute Gasteiger partial charge is 0.497 e. The first-order valence-electron chi connectivity index (χ1n) is 3.46. The lowest BCUT2D eigenvalue weighted by molar-refractivity contribution is 0.399. The second-order valence-corrected chi connectivity index (χ2v) is 2.76. The predicted molar refractivity (Wildman–Crippen MR) is 47.8 cm³/mol. The summed E-state index contributed by atoms with van der Waals surface area (Å²) in [5.41, 5.74) is -0.352. The maximum atomic E-state index is 13.2. The molecule has 0 unspecified atom stereocenters. The number of hydrogen-bond acceptors (Lipinski definition) is 3. The third-order valence-corrected chi connectivity index (χ3v) is 1.86. The van der Waals surface area contributed by atoms with Crippen LogP contribution in [0.3, 0.4) is 0 Å². The number of methoxy groups -OCH3 is 1. The highest BCUT2D eigenvalue weighted by molar-refractivity contribution is 6.60. The summed E-state index contributed by atoms with van der Waals surface area (Å²) in [6.45, 7) is 0. The Morgan fingerprint density at radius 3 is 2.54 bits per heavy atom. The molecule has 0 amide bonds. The van der Waals surface area contributed by atoms with Crippen molar-refractivity contribution in [2.45, 2.75) is 0 Å². The van der Waals surface area contributed by atoms with Crippen LogP contribution in [0, 0.1) is 5.82 Å². The molecule has 0 aliphatic carbocycles. The molecule has 0 heterocycles. The highest BCUT2D eigenvalue weighted by Gasteiger charge is 2.23. The molecule has 2 N–H and O–H groups in total. The summed E-state index contributed by atoms with van der Waals surface area (Å²) < 4.78 is 17.9. The Morgan fingerprint density at radius 1 is 1.46 bits per heavy atom. The van der Waals surface area contributed by atoms with Crippen LogP contribution in [0.15, 0.2) is 12.1 Å². The van der Waals surface area contributed by atoms with Crippen LogP contribution in [0.4, 0.5) is 4.39 Å². The Hall–Kier alpha value is -0.775. The van der Waals surface area contributed by atoms with Gasteiger partial charge in [0.1, 0.15) is 11.6 Å². The Labute approximate surface area is 79.9 Å². The first-order chi connectivity index (χ1) is 6.07. The fourth-order valence-corrected chi connectivity index (χ4v) is 1.13. The fraction of sp³-hybridized carbons (Fsp3) is 0.143. The molecule has 3 nitrogen and oxygen atoms in total. The molecule has 0 aliphatic heterocycles. The highest BCUT2D eigenvalue weighted by Crippen LogP contribution is 2.18. The van der Waals surface area contributed by atoms with Gasteiger partial charge in [0.15, 0.2) is 0 Å². The third-order valence-electron chi connectivity index (χ3n) is 1.57. The lowest BCUT2D eigenvalue weighted by atomic mass is 9.79. The molecular formula is C7H7BClFO3. The van der Waals surface area contributed by atoms with Crippen molar-refractivity contribution in [3.8, 4) is 5.75 Å². The molecule has 1 aromatic carbocycles. The maximum absolute atomic E-state index is 13.2. The molecule has 0 radical (unpaired) electrons. The van der Waals surface area contributed by atoms with E-state index in [1.165, 1.54) is 19.2 Å². The number of benzene rings is 1. The Morgan fingerprint density at radius 2 is 2.08 bits per heavy atom. The minimum atomic E-state index is -1.94. The van der Waals surface area contributed by atoms with Crippen molar-refractivity contribution in [1.82, 2.24) is 0 Å². The van der Waals surface area contributed by atoms with Gasteiger partial charge in [-0.3, -0.25) is 0 Å². The van der Waals surface area contributed by atoms with E-state index in [4.69, 9.17) is 26.4 Å². The monoisotopic (exact) mass is 204 g/mol. The molecule has 0 aromatic heterocycles. The van der Waals surface area contributed by atoms with Gasteiger partial charge in [0.05, 0.1) is 17.6 Å². The molecule has 13 heavy (non-hydrogen) atoms. The van der Waals surface area contributed by atoms with Gasteiger partial charge in [-0.2, -0.15) is 0 Å². The summed E-state index contributed by atoms with van der Waals surface area (Å²) in [5, 5.41) is 17.5. The SMILES string of the molecule is COc1ccc(Cl)c(F)c1B(O)O. The summed E-state index contributed by atoms with van der Waals surface area (Å²) in [5.74, 6) is -0.826. The zero-order valence-electron chi connectivity index (χ0n) is 6.79. The van der Waals surface area contributed by atoms with E-state index in [-0.39, 0.29) is 16.2 Å². The van der Waals surface area contributed by atoms with Gasteiger partial charge in [-0.05, 0) is 12.1 Å². The Bertz CT molecular complexity index is 319. The first-order valence-corrected chi connectivity index (χ1v) is 3.83. The van der Waals surface area contributed by atoms with Crippen LogP contribution in [0.25, 0.3) is 0 Å². The van der Waals surface area contributed by atoms with Crippen molar-refractivity contribution >= 4 is 24.2 Å². The van der Waals surface area contributed by atoms with Crippen LogP contribution in [-0.4, -0.2) is 24.3 Å². The van der Waals surface area contributed by atoms with E-state index in [2.05, 4.69) is 0 Å². The van der Waals surface area contributed by atoms with Crippen LogP contribution < -0.4 is 10.2 Å². The Balaban J connectivity index is 3.32. The number of ether oxygens (including phenoxy) is 1. The molecule has 6 heteroatoms. The Kier molecular flexibility index (Phi) is 3.14. The third kappa shape index (κ3) is 1.93. The van der Waals surface area contributed by atoms with Gasteiger partial charge in [-0.25, -0.2) is 4.39 Å². The highest BCUT2D eigenvalue weighted by atomic mass is 35.5. The lowest BCUT2D eigenvalue weighted by Gasteiger charge is -2.09. The molecule has 0 aliphatic rings. The number of rotatable bonds is 2. The van der Waals surface area contributed by atoms with Crippen molar-refractivity contribution in [1.29, 1.82) is 0 Å². The van der Waals surface area contributed by atoms with Crippen molar-refractivity contribution < 1.29 is 19.2 Å². The van der Waals surface area contributed by atoms with Crippen molar-refractivity contribution in [2.75, 3.05) is 7.11 Å². The van der Waals surface area contributed by atoms with Crippen LogP contribution >= 0.6 is 11.6 Å². The van der Waals surface area contributed by atoms with Crippen LogP contribution in [0.5, 0.6) is 5.75 Å². The van der Waals surface area contributed by atoms with Crippen LogP contribution in [-0.2, 0) is 0 Å². The molecule has 0 fully saturated rings. The summed E-state index contributed by atoms with van der Waals surface area (Å²) in [6, 6.07) is 2.64. The molecule has 1 aromatic rings. The molecular weight excluding hydrogens is 197 g/mol. The zero-order chi connectivity index (χ0) is 10.0. The van der Waals surface area contributed by atoms with E-state index in [1.807, 2.05) is 0 Å². The quantitative estimate of drug-likeness (QED) is 0.675. The minimum Gasteiger partial charge on any atom is -0.497 e. The van der Waals surface area contributed by atoms with E-state index in [1.54, 1.807) is 0 Å². The van der Waals surface area contributed by atoms with Crippen LogP contribution in [0.2, 0.25) is 5.02 Å². The normalized spacial score (nSPS) is 9.92. The summed E-state index contributed by atoms with van der Waals surface area (Å²) in [7, 11) is -0.636. The zero-order valence-corrected chi connectivity index (χ0v) is 7.55. The first kappa shape index (κ1) is 10.3. The molecule has 0 atom stereocenters. The van der Waals surface area contributed by atoms with E-state index in [9.17, 15) is 4.39 Å². The van der Waals surface area contributed by atoms with Gasteiger partial charge < -0.3 is 14.8 Å². The number of hydrogen-bond donors (Lipinski definition) is 2. The topological polar surface area (TPSA) is 49.7 Å². The van der Waals surface area contributed by atoms with Crippen LogP contribution in [0.1, 0.15) is 0 Å². The van der Waals surface area contributed by atoms with E-state index < -0.39 is 12.9 Å². The average molecular weight is 204 g/mol. The van der Waals surface area contributed by atoms with Crippen molar-refractivity contribution in [2.24, 2.45) is 0 Å². The van der Waals surface area contributed by atoms with Gasteiger partial charge in [-0.15, -0.1) is 0 Å². The minimum absolute atomic E-state index is 0.0527. The summed E-state index contributed by atoms with van der Waals surface area (Å²) in [4.78, 5) is 0. The molecule has 0 saturated carbocycles. The molecule has 1 rings (SSSR count). The molecule has 0 spiro atoms. The molecule has 70 valence electrons. The number of halogens is 2. The van der Waals surface area contributed by atoms with Gasteiger partial charge in [0.25, 0.3) is 0 Å². The maximum Gasteiger partial charge on any atom is 0.495 e. The second kappa shape index (κ2) is 3.96. The molecule has 0 saturated heterocycles. The van der Waals surface area contributed by atoms with Crippen molar-refractivity contribution in [3.63, 3.8) is 0 Å². The predicted octanol–water partition coefficient (Wildman–Crippen LogP) is 0.168. The van der Waals surface area contributed by atoms with Gasteiger partial charge in [0.2, 0.25) is 0 Å². The molecule has 0 bridgehead atoms. The summed E-state index contributed by atoms with van der Waals surface area (Å²) >= 11 is 5.43. The van der Waals surface area contributed by atoms with Gasteiger partial charge >= 0.3 is 7.12 Å². The second-order valence-electron chi connectivity index (χ2n) is 2.35. The smallest absolute Gasteiger partial charge is 0.495 e. The van der Waals surface area contributed by atoms with E-state index in [0.717, 1.165) is 0 Å². The van der Waals surface area contributed by atoms with Crippen molar-refractivity contribution in [3.05, 3.63) is 23.0 Å². The van der Waals surface area contributed by atoms with Gasteiger partial charge in [-0.1, -0.05) is 11.6 Å². The average Bonchev–Trinajstić information content (AvgIpc) is 2.08. The summed E-state index contributed by atoms with van der Waals surface area (Å²) in [6.07, 6.45) is 0. The fourth-order valence-electron chi connectivity index (χ4n) is 0.967. The lowest BCUT2D eigenvalue weighted by Crippen LogP contribution is -2.34.